The van der Waals surface area contributed by atoms with Crippen molar-refractivity contribution in [1.29, 1.82) is 0 Å². The van der Waals surface area contributed by atoms with Gasteiger partial charge in [0, 0.05) is 19.1 Å². The zero-order valence-corrected chi connectivity index (χ0v) is 9.39. The minimum absolute atomic E-state index is 0.000119. The van der Waals surface area contributed by atoms with Crippen LogP contribution in [0.1, 0.15) is 25.7 Å². The second kappa shape index (κ2) is 4.41. The largest absolute Gasteiger partial charge is 0.369 e. The molecule has 1 saturated carbocycles. The van der Waals surface area contributed by atoms with E-state index in [1.54, 1.807) is 4.90 Å². The lowest BCUT2D eigenvalue weighted by atomic mass is 10.0. The maximum absolute atomic E-state index is 12.1. The Hall–Kier alpha value is -1.10. The molecule has 1 saturated heterocycles. The molecule has 2 amide bonds. The summed E-state index contributed by atoms with van der Waals surface area (Å²) in [6.45, 7) is 1.13. The van der Waals surface area contributed by atoms with Crippen LogP contribution < -0.4 is 11.5 Å². The highest BCUT2D eigenvalue weighted by atomic mass is 16.2. The third-order valence-electron chi connectivity index (χ3n) is 3.79. The van der Waals surface area contributed by atoms with Crippen LogP contribution in [0.2, 0.25) is 0 Å². The van der Waals surface area contributed by atoms with Gasteiger partial charge in [-0.15, -0.1) is 0 Å². The van der Waals surface area contributed by atoms with Gasteiger partial charge in [-0.3, -0.25) is 9.59 Å². The Kier molecular flexibility index (Phi) is 3.14. The van der Waals surface area contributed by atoms with E-state index in [0.29, 0.717) is 19.5 Å². The summed E-state index contributed by atoms with van der Waals surface area (Å²) in [4.78, 5) is 24.9. The summed E-state index contributed by atoms with van der Waals surface area (Å²) in [6.07, 6.45) is 3.55. The Balaban J connectivity index is 1.94. The summed E-state index contributed by atoms with van der Waals surface area (Å²) in [7, 11) is 0. The molecule has 1 aliphatic heterocycles. The molecule has 3 unspecified atom stereocenters. The van der Waals surface area contributed by atoms with E-state index in [9.17, 15) is 9.59 Å². The number of nitrogens with two attached hydrogens (primary N) is 2. The van der Waals surface area contributed by atoms with Crippen molar-refractivity contribution in [3.63, 3.8) is 0 Å². The number of carbonyl (C=O) groups excluding carboxylic acids is 2. The van der Waals surface area contributed by atoms with Crippen molar-refractivity contribution >= 4 is 11.8 Å². The molecule has 16 heavy (non-hydrogen) atoms. The summed E-state index contributed by atoms with van der Waals surface area (Å²) < 4.78 is 0. The lowest BCUT2D eigenvalue weighted by molar-refractivity contribution is -0.134. The number of hydrogen-bond donors (Lipinski definition) is 2. The minimum atomic E-state index is -0.300. The van der Waals surface area contributed by atoms with E-state index in [2.05, 4.69) is 0 Å². The summed E-state index contributed by atoms with van der Waals surface area (Å²) in [5, 5.41) is 0. The average molecular weight is 225 g/mol. The van der Waals surface area contributed by atoms with Crippen LogP contribution in [0.25, 0.3) is 0 Å². The van der Waals surface area contributed by atoms with Crippen LogP contribution >= 0.6 is 0 Å². The van der Waals surface area contributed by atoms with Gasteiger partial charge in [0.05, 0.1) is 11.8 Å². The third kappa shape index (κ3) is 2.04. The first kappa shape index (κ1) is 11.4. The molecule has 0 spiro atoms. The van der Waals surface area contributed by atoms with Gasteiger partial charge in [0.15, 0.2) is 0 Å². The maximum atomic E-state index is 12.1. The second-order valence-corrected chi connectivity index (χ2v) is 4.87. The number of hydrogen-bond acceptors (Lipinski definition) is 3. The highest BCUT2D eigenvalue weighted by Gasteiger charge is 2.37. The van der Waals surface area contributed by atoms with Crippen LogP contribution in [0.3, 0.4) is 0 Å². The average Bonchev–Trinajstić information content (AvgIpc) is 2.84. The maximum Gasteiger partial charge on any atom is 0.227 e. The Morgan fingerprint density at radius 1 is 1.19 bits per heavy atom. The van der Waals surface area contributed by atoms with Crippen LogP contribution in [0.4, 0.5) is 0 Å². The molecule has 4 N–H and O–H groups in total. The van der Waals surface area contributed by atoms with Crippen LogP contribution in [0, 0.1) is 11.8 Å². The number of primary amides is 1. The molecular formula is C11H19N3O2. The minimum Gasteiger partial charge on any atom is -0.369 e. The highest BCUT2D eigenvalue weighted by Crippen LogP contribution is 2.28. The van der Waals surface area contributed by atoms with Crippen molar-refractivity contribution < 1.29 is 9.59 Å². The van der Waals surface area contributed by atoms with Gasteiger partial charge >= 0.3 is 0 Å². The predicted molar refractivity (Wildman–Crippen MR) is 59.2 cm³/mol. The summed E-state index contributed by atoms with van der Waals surface area (Å²) >= 11 is 0. The number of nitrogens with zero attached hydrogens (tertiary/aromatic N) is 1. The number of amides is 2. The Labute approximate surface area is 95.1 Å². The molecule has 1 heterocycles. The van der Waals surface area contributed by atoms with E-state index >= 15 is 0 Å². The standard InChI is InChI=1S/C11H19N3O2/c12-9-3-1-2-8(9)11(16)14-5-4-7(6-14)10(13)15/h7-9H,1-6,12H2,(H2,13,15). The quantitative estimate of drug-likeness (QED) is 0.660. The molecular weight excluding hydrogens is 206 g/mol. The molecule has 5 heteroatoms. The van der Waals surface area contributed by atoms with Gasteiger partial charge in [-0.1, -0.05) is 6.42 Å². The van der Waals surface area contributed by atoms with Crippen LogP contribution in [-0.4, -0.2) is 35.8 Å². The Morgan fingerprint density at radius 2 is 1.94 bits per heavy atom. The molecule has 0 aromatic carbocycles. The smallest absolute Gasteiger partial charge is 0.227 e. The van der Waals surface area contributed by atoms with Gasteiger partial charge in [0.25, 0.3) is 0 Å². The normalized spacial score (nSPS) is 34.3. The van der Waals surface area contributed by atoms with Crippen molar-refractivity contribution in [2.45, 2.75) is 31.7 Å². The zero-order chi connectivity index (χ0) is 11.7. The van der Waals surface area contributed by atoms with Crippen molar-refractivity contribution in [2.75, 3.05) is 13.1 Å². The van der Waals surface area contributed by atoms with E-state index in [1.165, 1.54) is 0 Å². The third-order valence-corrected chi connectivity index (χ3v) is 3.79. The highest BCUT2D eigenvalue weighted by molar-refractivity contribution is 5.83. The van der Waals surface area contributed by atoms with Crippen LogP contribution in [-0.2, 0) is 9.59 Å². The van der Waals surface area contributed by atoms with Gasteiger partial charge in [-0.05, 0) is 19.3 Å². The molecule has 90 valence electrons. The van der Waals surface area contributed by atoms with E-state index < -0.39 is 0 Å². The van der Waals surface area contributed by atoms with E-state index in [4.69, 9.17) is 11.5 Å². The molecule has 3 atom stereocenters. The number of likely N-dealkylation sites (tertiary alicyclic amines) is 1. The molecule has 5 nitrogen and oxygen atoms in total. The Bertz CT molecular complexity index is 306. The van der Waals surface area contributed by atoms with E-state index in [1.807, 2.05) is 0 Å². The van der Waals surface area contributed by atoms with Crippen LogP contribution in [0.15, 0.2) is 0 Å². The van der Waals surface area contributed by atoms with Crippen molar-refractivity contribution in [3.8, 4) is 0 Å². The molecule has 2 aliphatic rings. The summed E-state index contributed by atoms with van der Waals surface area (Å²) in [5.41, 5.74) is 11.1. The predicted octanol–water partition coefficient (Wildman–Crippen LogP) is -0.552. The molecule has 0 aromatic heterocycles. The molecule has 1 aliphatic carbocycles. The second-order valence-electron chi connectivity index (χ2n) is 4.87. The monoisotopic (exact) mass is 225 g/mol. The first-order chi connectivity index (χ1) is 7.59. The SMILES string of the molecule is NC(=O)C1CCN(C(=O)C2CCCC2N)C1. The van der Waals surface area contributed by atoms with Gasteiger partial charge < -0.3 is 16.4 Å². The fraction of sp³-hybridized carbons (Fsp3) is 0.818. The summed E-state index contributed by atoms with van der Waals surface area (Å²) in [5.74, 6) is -0.382. The van der Waals surface area contributed by atoms with Gasteiger partial charge in [0.2, 0.25) is 11.8 Å². The summed E-state index contributed by atoms with van der Waals surface area (Å²) in [6, 6.07) is 0.000119. The molecule has 0 bridgehead atoms. The Morgan fingerprint density at radius 3 is 2.44 bits per heavy atom. The first-order valence-electron chi connectivity index (χ1n) is 5.93. The zero-order valence-electron chi connectivity index (χ0n) is 9.39. The van der Waals surface area contributed by atoms with Gasteiger partial charge in [-0.25, -0.2) is 0 Å². The van der Waals surface area contributed by atoms with E-state index in [-0.39, 0.29) is 29.7 Å². The number of carbonyl (C=O) groups is 2. The fourth-order valence-corrected chi connectivity index (χ4v) is 2.72. The van der Waals surface area contributed by atoms with Crippen LogP contribution in [0.5, 0.6) is 0 Å². The lowest BCUT2D eigenvalue weighted by Gasteiger charge is -2.22. The molecule has 2 fully saturated rings. The fourth-order valence-electron chi connectivity index (χ4n) is 2.72. The topological polar surface area (TPSA) is 89.4 Å². The molecule has 2 rings (SSSR count). The molecule has 0 aromatic rings. The van der Waals surface area contributed by atoms with Crippen molar-refractivity contribution in [1.82, 2.24) is 4.90 Å². The van der Waals surface area contributed by atoms with E-state index in [0.717, 1.165) is 19.3 Å². The van der Waals surface area contributed by atoms with Crippen molar-refractivity contribution in [3.05, 3.63) is 0 Å². The number of rotatable bonds is 2. The van der Waals surface area contributed by atoms with Gasteiger partial charge in [-0.2, -0.15) is 0 Å². The van der Waals surface area contributed by atoms with Crippen molar-refractivity contribution in [2.24, 2.45) is 23.3 Å². The van der Waals surface area contributed by atoms with Gasteiger partial charge in [0.1, 0.15) is 0 Å². The molecule has 0 radical (unpaired) electrons. The lowest BCUT2D eigenvalue weighted by Crippen LogP contribution is -2.41. The first-order valence-corrected chi connectivity index (χ1v) is 5.93.